The van der Waals surface area contributed by atoms with Crippen molar-refractivity contribution in [2.24, 2.45) is 0 Å². The van der Waals surface area contributed by atoms with Crippen molar-refractivity contribution in [2.75, 3.05) is 5.73 Å². The number of aromatic nitrogens is 2. The van der Waals surface area contributed by atoms with Crippen molar-refractivity contribution in [2.45, 2.75) is 6.92 Å². The Bertz CT molecular complexity index is 624. The van der Waals surface area contributed by atoms with Gasteiger partial charge in [-0.15, -0.1) is 0 Å². The summed E-state index contributed by atoms with van der Waals surface area (Å²) in [5.74, 6) is -2.41. The molecule has 0 fully saturated rings. The molecule has 0 bridgehead atoms. The summed E-state index contributed by atoms with van der Waals surface area (Å²) in [5.41, 5.74) is 6.76. The molecule has 0 spiro atoms. The van der Waals surface area contributed by atoms with Gasteiger partial charge in [0.25, 0.3) is 0 Å². The molecule has 2 rings (SSSR count). The van der Waals surface area contributed by atoms with E-state index in [1.54, 1.807) is 6.92 Å². The van der Waals surface area contributed by atoms with E-state index in [9.17, 15) is 9.59 Å². The Kier molecular flexibility index (Phi) is 2.95. The van der Waals surface area contributed by atoms with Crippen molar-refractivity contribution in [1.29, 1.82) is 0 Å². The van der Waals surface area contributed by atoms with Gasteiger partial charge < -0.3 is 15.9 Å². The highest BCUT2D eigenvalue weighted by molar-refractivity contribution is 5.94. The highest BCUT2D eigenvalue weighted by Gasteiger charge is 2.13. The molecule has 0 aliphatic carbocycles. The Morgan fingerprint density at radius 2 is 1.68 bits per heavy atom. The second-order valence-corrected chi connectivity index (χ2v) is 3.99. The molecule has 1 aromatic heterocycles. The largest absolute Gasteiger partial charge is 0.478 e. The van der Waals surface area contributed by atoms with Crippen LogP contribution < -0.4 is 5.73 Å². The average Bonchev–Trinajstić information content (AvgIpc) is 2.69. The highest BCUT2D eigenvalue weighted by atomic mass is 16.4. The van der Waals surface area contributed by atoms with Crippen molar-refractivity contribution in [3.05, 3.63) is 41.2 Å². The van der Waals surface area contributed by atoms with Gasteiger partial charge in [-0.25, -0.2) is 14.3 Å². The number of nitrogens with two attached hydrogens (primary N) is 1. The Balaban J connectivity index is 2.62. The van der Waals surface area contributed by atoms with E-state index in [-0.39, 0.29) is 11.1 Å². The van der Waals surface area contributed by atoms with Gasteiger partial charge in [-0.05, 0) is 25.1 Å². The van der Waals surface area contributed by atoms with E-state index >= 15 is 0 Å². The lowest BCUT2D eigenvalue weighted by Gasteiger charge is -2.05. The van der Waals surface area contributed by atoms with Crippen LogP contribution in [0.1, 0.15) is 26.4 Å². The van der Waals surface area contributed by atoms with Crippen LogP contribution in [-0.4, -0.2) is 31.9 Å². The number of rotatable bonds is 3. The Morgan fingerprint density at radius 1 is 1.16 bits per heavy atom. The number of nitrogens with zero attached hydrogens (tertiary/aromatic N) is 2. The van der Waals surface area contributed by atoms with Crippen LogP contribution in [0.25, 0.3) is 5.69 Å². The molecule has 98 valence electrons. The van der Waals surface area contributed by atoms with E-state index < -0.39 is 11.9 Å². The van der Waals surface area contributed by atoms with Gasteiger partial charge in [0.1, 0.15) is 0 Å². The predicted octanol–water partition coefficient (Wildman–Crippen LogP) is 1.16. The maximum atomic E-state index is 11.0. The van der Waals surface area contributed by atoms with Crippen molar-refractivity contribution in [3.63, 3.8) is 0 Å². The maximum Gasteiger partial charge on any atom is 0.335 e. The summed E-state index contributed by atoms with van der Waals surface area (Å²) in [4.78, 5) is 22.0. The number of anilines is 1. The van der Waals surface area contributed by atoms with Gasteiger partial charge in [0, 0.05) is 0 Å². The summed E-state index contributed by atoms with van der Waals surface area (Å²) >= 11 is 0. The molecule has 0 saturated carbocycles. The van der Waals surface area contributed by atoms with E-state index in [4.69, 9.17) is 15.9 Å². The zero-order chi connectivity index (χ0) is 14.2. The number of aryl methyl sites for hydroxylation is 1. The van der Waals surface area contributed by atoms with E-state index in [2.05, 4.69) is 5.10 Å². The summed E-state index contributed by atoms with van der Waals surface area (Å²) in [6, 6.07) is 3.76. The molecule has 0 amide bonds. The minimum Gasteiger partial charge on any atom is -0.478 e. The topological polar surface area (TPSA) is 118 Å². The van der Waals surface area contributed by atoms with E-state index in [0.29, 0.717) is 17.1 Å². The SMILES string of the molecule is Cc1nn(-c2cc(C(=O)O)cc(C(=O)O)c2)cc1N. The molecule has 7 nitrogen and oxygen atoms in total. The van der Waals surface area contributed by atoms with Gasteiger partial charge in [0.15, 0.2) is 0 Å². The number of carboxylic acids is 2. The molecule has 0 saturated heterocycles. The number of carbonyl (C=O) groups is 2. The number of hydrogen-bond donors (Lipinski definition) is 3. The fraction of sp³-hybridized carbons (Fsp3) is 0.0833. The average molecular weight is 261 g/mol. The summed E-state index contributed by atoms with van der Waals surface area (Å²) in [6.07, 6.45) is 1.50. The lowest BCUT2D eigenvalue weighted by Crippen LogP contribution is -2.06. The number of hydrogen-bond acceptors (Lipinski definition) is 4. The van der Waals surface area contributed by atoms with Crippen LogP contribution in [0.5, 0.6) is 0 Å². The van der Waals surface area contributed by atoms with Crippen LogP contribution in [0.2, 0.25) is 0 Å². The minimum atomic E-state index is -1.21. The van der Waals surface area contributed by atoms with Crippen molar-refractivity contribution < 1.29 is 19.8 Å². The van der Waals surface area contributed by atoms with Gasteiger partial charge in [0.2, 0.25) is 0 Å². The monoisotopic (exact) mass is 261 g/mol. The molecular weight excluding hydrogens is 250 g/mol. The molecule has 0 aliphatic heterocycles. The molecule has 0 atom stereocenters. The first-order chi connectivity index (χ1) is 8.88. The van der Waals surface area contributed by atoms with Gasteiger partial charge >= 0.3 is 11.9 Å². The van der Waals surface area contributed by atoms with Crippen molar-refractivity contribution >= 4 is 17.6 Å². The standard InChI is InChI=1S/C12H11N3O4/c1-6-10(13)5-15(14-6)9-3-7(11(16)17)2-8(4-9)12(18)19/h2-5H,13H2,1H3,(H,16,17)(H,18,19). The summed E-state index contributed by atoms with van der Waals surface area (Å²) in [6.45, 7) is 1.70. The first-order valence-electron chi connectivity index (χ1n) is 5.32. The van der Waals surface area contributed by atoms with Crippen LogP contribution in [-0.2, 0) is 0 Å². The smallest absolute Gasteiger partial charge is 0.335 e. The number of aromatic carboxylic acids is 2. The molecule has 7 heteroatoms. The summed E-state index contributed by atoms with van der Waals surface area (Å²) < 4.78 is 1.35. The number of benzene rings is 1. The third-order valence-electron chi connectivity index (χ3n) is 2.61. The van der Waals surface area contributed by atoms with E-state index in [1.165, 1.54) is 23.0 Å². The van der Waals surface area contributed by atoms with Gasteiger partial charge in [0.05, 0.1) is 34.4 Å². The summed E-state index contributed by atoms with van der Waals surface area (Å²) in [7, 11) is 0. The van der Waals surface area contributed by atoms with Gasteiger partial charge in [-0.3, -0.25) is 0 Å². The highest BCUT2D eigenvalue weighted by Crippen LogP contribution is 2.17. The van der Waals surface area contributed by atoms with Crippen LogP contribution >= 0.6 is 0 Å². The van der Waals surface area contributed by atoms with Crippen LogP contribution in [0, 0.1) is 6.92 Å². The van der Waals surface area contributed by atoms with Crippen molar-refractivity contribution in [1.82, 2.24) is 9.78 Å². The molecule has 19 heavy (non-hydrogen) atoms. The molecular formula is C12H11N3O4. The fourth-order valence-electron chi connectivity index (χ4n) is 1.60. The Hall–Kier alpha value is -2.83. The van der Waals surface area contributed by atoms with Crippen LogP contribution in [0.4, 0.5) is 5.69 Å². The van der Waals surface area contributed by atoms with Gasteiger partial charge in [-0.1, -0.05) is 0 Å². The Labute approximate surface area is 107 Å². The molecule has 2 aromatic rings. The maximum absolute atomic E-state index is 11.0. The van der Waals surface area contributed by atoms with Crippen LogP contribution in [0.15, 0.2) is 24.4 Å². The first-order valence-corrected chi connectivity index (χ1v) is 5.32. The summed E-state index contributed by atoms with van der Waals surface area (Å²) in [5, 5.41) is 22.0. The minimum absolute atomic E-state index is 0.123. The Morgan fingerprint density at radius 3 is 2.05 bits per heavy atom. The third-order valence-corrected chi connectivity index (χ3v) is 2.61. The first kappa shape index (κ1) is 12.6. The molecule has 0 aliphatic rings. The number of carboxylic acid groups (broad SMARTS) is 2. The quantitative estimate of drug-likeness (QED) is 0.762. The zero-order valence-corrected chi connectivity index (χ0v) is 9.99. The molecule has 4 N–H and O–H groups in total. The predicted molar refractivity (Wildman–Crippen MR) is 66.6 cm³/mol. The number of nitrogen functional groups attached to an aromatic ring is 1. The molecule has 0 unspecified atom stereocenters. The van der Waals surface area contributed by atoms with Crippen molar-refractivity contribution in [3.8, 4) is 5.69 Å². The molecule has 1 heterocycles. The van der Waals surface area contributed by atoms with Gasteiger partial charge in [-0.2, -0.15) is 5.10 Å². The fourth-order valence-corrected chi connectivity index (χ4v) is 1.60. The normalized spacial score (nSPS) is 10.4. The molecule has 1 aromatic carbocycles. The second kappa shape index (κ2) is 4.45. The van der Waals surface area contributed by atoms with Crippen LogP contribution in [0.3, 0.4) is 0 Å². The zero-order valence-electron chi connectivity index (χ0n) is 9.99. The molecule has 0 radical (unpaired) electrons. The lowest BCUT2D eigenvalue weighted by molar-refractivity contribution is 0.0696. The third kappa shape index (κ3) is 2.39. The second-order valence-electron chi connectivity index (χ2n) is 3.99. The lowest BCUT2D eigenvalue weighted by atomic mass is 10.1. The van der Waals surface area contributed by atoms with E-state index in [1.807, 2.05) is 0 Å². The van der Waals surface area contributed by atoms with E-state index in [0.717, 1.165) is 6.07 Å².